The van der Waals surface area contributed by atoms with E-state index in [1.54, 1.807) is 18.2 Å². The Kier molecular flexibility index (Phi) is 4.84. The number of fused-ring (bicyclic) bond motifs is 1. The third kappa shape index (κ3) is 3.48. The van der Waals surface area contributed by atoms with Gasteiger partial charge in [0.2, 0.25) is 5.60 Å². The summed E-state index contributed by atoms with van der Waals surface area (Å²) >= 11 is 0. The van der Waals surface area contributed by atoms with E-state index >= 15 is 0 Å². The average Bonchev–Trinajstić information content (AvgIpc) is 3.10. The first-order valence-electron chi connectivity index (χ1n) is 7.95. The molecule has 142 valence electrons. The van der Waals surface area contributed by atoms with Gasteiger partial charge in [0.05, 0.1) is 13.7 Å². The first-order chi connectivity index (χ1) is 12.8. The smallest absolute Gasteiger partial charge is 0.423 e. The van der Waals surface area contributed by atoms with Gasteiger partial charge >= 0.3 is 6.18 Å². The second kappa shape index (κ2) is 6.96. The van der Waals surface area contributed by atoms with Gasteiger partial charge in [-0.3, -0.25) is 4.79 Å². The fraction of sp³-hybridized carbons (Fsp3) is 0.211. The number of carbonyl (C=O) groups is 1. The highest BCUT2D eigenvalue weighted by atomic mass is 19.4. The molecular weight excluding hydrogens is 363 g/mol. The van der Waals surface area contributed by atoms with Crippen molar-refractivity contribution in [2.24, 2.45) is 0 Å². The van der Waals surface area contributed by atoms with Gasteiger partial charge in [0.15, 0.2) is 17.1 Å². The highest BCUT2D eigenvalue weighted by Gasteiger charge is 2.55. The summed E-state index contributed by atoms with van der Waals surface area (Å²) in [6, 6.07) is 13.0. The molecule has 1 heterocycles. The predicted octanol–water partition coefficient (Wildman–Crippen LogP) is 3.62. The van der Waals surface area contributed by atoms with Crippen LogP contribution in [0.15, 0.2) is 59.0 Å². The zero-order valence-electron chi connectivity index (χ0n) is 14.2. The topological polar surface area (TPSA) is 71.7 Å². The van der Waals surface area contributed by atoms with Crippen LogP contribution in [0.4, 0.5) is 13.2 Å². The van der Waals surface area contributed by atoms with Gasteiger partial charge in [-0.05, 0) is 17.7 Å². The maximum atomic E-state index is 13.5. The Morgan fingerprint density at radius 3 is 2.48 bits per heavy atom. The number of amides is 1. The maximum absolute atomic E-state index is 13.5. The number of benzene rings is 2. The Labute approximate surface area is 152 Å². The van der Waals surface area contributed by atoms with Gasteiger partial charge in [-0.15, -0.1) is 0 Å². The molecule has 0 saturated carbocycles. The Morgan fingerprint density at radius 2 is 1.85 bits per heavy atom. The Hall–Kier alpha value is -3.00. The molecule has 1 aromatic heterocycles. The Bertz CT molecular complexity index is 952. The van der Waals surface area contributed by atoms with Crippen LogP contribution in [-0.4, -0.2) is 30.8 Å². The molecule has 0 fully saturated rings. The zero-order valence-corrected chi connectivity index (χ0v) is 14.2. The van der Waals surface area contributed by atoms with E-state index in [1.807, 2.05) is 0 Å². The lowest BCUT2D eigenvalue weighted by atomic mass is 9.93. The molecular formula is C19H16F3NO4. The van der Waals surface area contributed by atoms with Gasteiger partial charge in [0, 0.05) is 5.39 Å². The lowest BCUT2D eigenvalue weighted by Crippen LogP contribution is -2.51. The van der Waals surface area contributed by atoms with Crippen LogP contribution in [0, 0.1) is 0 Å². The third-order valence-corrected chi connectivity index (χ3v) is 4.18. The zero-order chi connectivity index (χ0) is 19.7. The number of ether oxygens (including phenoxy) is 1. The van der Waals surface area contributed by atoms with E-state index in [4.69, 9.17) is 9.15 Å². The van der Waals surface area contributed by atoms with E-state index in [0.29, 0.717) is 16.7 Å². The molecule has 1 amide bonds. The van der Waals surface area contributed by atoms with Crippen LogP contribution in [0.25, 0.3) is 11.0 Å². The highest BCUT2D eigenvalue weighted by molar-refractivity contribution is 5.97. The number of hydrogen-bond donors (Lipinski definition) is 2. The summed E-state index contributed by atoms with van der Waals surface area (Å²) in [6.07, 6.45) is -4.99. The first-order valence-corrected chi connectivity index (χ1v) is 7.95. The minimum Gasteiger partial charge on any atom is -0.493 e. The van der Waals surface area contributed by atoms with Crippen LogP contribution in [0.2, 0.25) is 0 Å². The molecule has 27 heavy (non-hydrogen) atoms. The number of furan rings is 1. The van der Waals surface area contributed by atoms with Crippen LogP contribution in [-0.2, 0) is 5.60 Å². The van der Waals surface area contributed by atoms with Crippen molar-refractivity contribution in [3.05, 3.63) is 65.9 Å². The number of nitrogens with one attached hydrogen (secondary N) is 1. The van der Waals surface area contributed by atoms with Crippen LogP contribution >= 0.6 is 0 Å². The summed E-state index contributed by atoms with van der Waals surface area (Å²) in [5, 5.41) is 12.9. The van der Waals surface area contributed by atoms with Gasteiger partial charge in [-0.25, -0.2) is 0 Å². The normalized spacial score (nSPS) is 14.0. The third-order valence-electron chi connectivity index (χ3n) is 4.18. The Morgan fingerprint density at radius 1 is 1.15 bits per heavy atom. The summed E-state index contributed by atoms with van der Waals surface area (Å²) in [6.45, 7) is -1.06. The van der Waals surface area contributed by atoms with Crippen molar-refractivity contribution in [2.45, 2.75) is 11.8 Å². The van der Waals surface area contributed by atoms with Gasteiger partial charge < -0.3 is 19.6 Å². The maximum Gasteiger partial charge on any atom is 0.423 e. The van der Waals surface area contributed by atoms with E-state index in [0.717, 1.165) is 12.1 Å². The number of hydrogen-bond acceptors (Lipinski definition) is 4. The molecule has 1 atom stereocenters. The highest BCUT2D eigenvalue weighted by Crippen LogP contribution is 2.38. The van der Waals surface area contributed by atoms with E-state index in [9.17, 15) is 23.1 Å². The fourth-order valence-corrected chi connectivity index (χ4v) is 2.68. The summed E-state index contributed by atoms with van der Waals surface area (Å²) in [4.78, 5) is 12.3. The number of halogens is 3. The average molecular weight is 379 g/mol. The number of methoxy groups -OCH3 is 1. The van der Waals surface area contributed by atoms with Crippen molar-refractivity contribution in [1.29, 1.82) is 0 Å². The number of carbonyl (C=O) groups excluding carboxylic acids is 1. The standard InChI is InChI=1S/C19H16F3NO4/c1-26-14-9-5-6-12-10-15(27-16(12)14)17(24)23-11-18(25,19(20,21)22)13-7-3-2-4-8-13/h2-10,25H,11H2,1H3,(H,23,24)/t18-/m1/s1. The largest absolute Gasteiger partial charge is 0.493 e. The molecule has 0 saturated heterocycles. The van der Waals surface area contributed by atoms with E-state index < -0.39 is 24.2 Å². The molecule has 0 aliphatic heterocycles. The molecule has 0 aliphatic carbocycles. The van der Waals surface area contributed by atoms with E-state index in [1.165, 1.54) is 31.4 Å². The molecule has 0 radical (unpaired) electrons. The van der Waals surface area contributed by atoms with Crippen molar-refractivity contribution in [2.75, 3.05) is 13.7 Å². The number of rotatable bonds is 5. The number of aliphatic hydroxyl groups is 1. The molecule has 2 N–H and O–H groups in total. The van der Waals surface area contributed by atoms with E-state index in [-0.39, 0.29) is 11.3 Å². The lowest BCUT2D eigenvalue weighted by molar-refractivity contribution is -0.263. The summed E-state index contributed by atoms with van der Waals surface area (Å²) < 4.78 is 50.9. The fourth-order valence-electron chi connectivity index (χ4n) is 2.68. The van der Waals surface area contributed by atoms with Crippen molar-refractivity contribution < 1.29 is 32.2 Å². The molecule has 2 aromatic carbocycles. The quantitative estimate of drug-likeness (QED) is 0.710. The second-order valence-electron chi connectivity index (χ2n) is 5.90. The van der Waals surface area contributed by atoms with Crippen molar-refractivity contribution in [1.82, 2.24) is 5.32 Å². The number of para-hydroxylation sites is 1. The second-order valence-corrected chi connectivity index (χ2v) is 5.90. The van der Waals surface area contributed by atoms with Crippen molar-refractivity contribution >= 4 is 16.9 Å². The monoisotopic (exact) mass is 379 g/mol. The SMILES string of the molecule is COc1cccc2cc(C(=O)NC[C@@](O)(c3ccccc3)C(F)(F)F)oc12. The molecule has 0 unspecified atom stereocenters. The van der Waals surface area contributed by atoms with Gasteiger partial charge in [-0.1, -0.05) is 42.5 Å². The molecule has 0 bridgehead atoms. The van der Waals surface area contributed by atoms with Crippen LogP contribution < -0.4 is 10.1 Å². The summed E-state index contributed by atoms with van der Waals surface area (Å²) in [7, 11) is 1.43. The molecule has 8 heteroatoms. The first kappa shape index (κ1) is 18.8. The number of alkyl halides is 3. The van der Waals surface area contributed by atoms with Crippen LogP contribution in [0.5, 0.6) is 5.75 Å². The molecule has 5 nitrogen and oxygen atoms in total. The molecule has 0 spiro atoms. The molecule has 3 aromatic rings. The Balaban J connectivity index is 1.85. The predicted molar refractivity (Wildman–Crippen MR) is 91.5 cm³/mol. The minimum absolute atomic E-state index is 0.188. The minimum atomic E-state index is -4.99. The summed E-state index contributed by atoms with van der Waals surface area (Å²) in [5.74, 6) is -0.679. The summed E-state index contributed by atoms with van der Waals surface area (Å²) in [5.41, 5.74) is -3.29. The van der Waals surface area contributed by atoms with E-state index in [2.05, 4.69) is 5.32 Å². The molecule has 3 rings (SSSR count). The van der Waals surface area contributed by atoms with Gasteiger partial charge in [0.1, 0.15) is 0 Å². The van der Waals surface area contributed by atoms with Crippen LogP contribution in [0.1, 0.15) is 16.1 Å². The molecule has 0 aliphatic rings. The van der Waals surface area contributed by atoms with Crippen molar-refractivity contribution in [3.8, 4) is 5.75 Å². The van der Waals surface area contributed by atoms with Gasteiger partial charge in [0.25, 0.3) is 5.91 Å². The van der Waals surface area contributed by atoms with Gasteiger partial charge in [-0.2, -0.15) is 13.2 Å². The lowest BCUT2D eigenvalue weighted by Gasteiger charge is -2.31. The van der Waals surface area contributed by atoms with Crippen molar-refractivity contribution in [3.63, 3.8) is 0 Å². The van der Waals surface area contributed by atoms with Crippen LogP contribution in [0.3, 0.4) is 0 Å².